The average molecular weight is 364 g/mol. The minimum absolute atomic E-state index is 0.108. The first-order valence-electron chi connectivity index (χ1n) is 9.12. The molecule has 1 saturated heterocycles. The van der Waals surface area contributed by atoms with Crippen molar-refractivity contribution in [2.45, 2.75) is 12.8 Å². The van der Waals surface area contributed by atoms with Crippen LogP contribution in [0.5, 0.6) is 5.88 Å². The minimum atomic E-state index is -0.131. The highest BCUT2D eigenvalue weighted by Crippen LogP contribution is 2.48. The van der Waals surface area contributed by atoms with Gasteiger partial charge in [0.1, 0.15) is 23.5 Å². The molecule has 0 aromatic carbocycles. The lowest BCUT2D eigenvalue weighted by Gasteiger charge is -2.25. The summed E-state index contributed by atoms with van der Waals surface area (Å²) in [4.78, 5) is 33.0. The van der Waals surface area contributed by atoms with Crippen LogP contribution in [-0.2, 0) is 0 Å². The van der Waals surface area contributed by atoms with Crippen molar-refractivity contribution in [1.82, 2.24) is 24.8 Å². The molecule has 8 nitrogen and oxygen atoms in total. The lowest BCUT2D eigenvalue weighted by atomic mass is 10.1. The SMILES string of the molecule is O=C(c1cccc(O)n1)N1CCN(c2ncnc3[nH]ccc23)CC2(CC2)C1. The summed E-state index contributed by atoms with van der Waals surface area (Å²) in [6.45, 7) is 2.88. The standard InChI is InChI=1S/C19H20N6O2/c26-15-3-1-2-14(23-15)18(27)25-9-8-24(10-19(11-25)5-6-19)17-13-4-7-20-16(13)21-12-22-17/h1-4,7,12H,5-6,8-11H2,(H,23,26)(H,20,21,22). The zero-order chi connectivity index (χ0) is 18.4. The van der Waals surface area contributed by atoms with Gasteiger partial charge in [0.15, 0.2) is 0 Å². The van der Waals surface area contributed by atoms with Gasteiger partial charge in [-0.3, -0.25) is 4.79 Å². The molecule has 2 fully saturated rings. The molecule has 0 atom stereocenters. The second-order valence-corrected chi connectivity index (χ2v) is 7.47. The van der Waals surface area contributed by atoms with Crippen molar-refractivity contribution < 1.29 is 9.90 Å². The maximum absolute atomic E-state index is 12.9. The molecular formula is C19H20N6O2. The number of H-pyrrole nitrogens is 1. The average Bonchev–Trinajstić information content (AvgIpc) is 3.32. The third-order valence-electron chi connectivity index (χ3n) is 5.52. The summed E-state index contributed by atoms with van der Waals surface area (Å²) in [7, 11) is 0. The van der Waals surface area contributed by atoms with Gasteiger partial charge in [0.05, 0.1) is 5.39 Å². The Kier molecular flexibility index (Phi) is 3.53. The Hall–Kier alpha value is -3.16. The molecule has 1 amide bonds. The Balaban J connectivity index is 1.44. The highest BCUT2D eigenvalue weighted by Gasteiger charge is 2.48. The van der Waals surface area contributed by atoms with Crippen molar-refractivity contribution in [3.05, 3.63) is 42.5 Å². The Labute approximate surface area is 155 Å². The van der Waals surface area contributed by atoms with E-state index in [0.29, 0.717) is 19.6 Å². The zero-order valence-electron chi connectivity index (χ0n) is 14.8. The van der Waals surface area contributed by atoms with Gasteiger partial charge < -0.3 is 19.9 Å². The van der Waals surface area contributed by atoms with Crippen LogP contribution in [0.1, 0.15) is 23.3 Å². The largest absolute Gasteiger partial charge is 0.493 e. The van der Waals surface area contributed by atoms with Crippen molar-refractivity contribution >= 4 is 22.8 Å². The van der Waals surface area contributed by atoms with Crippen LogP contribution in [0.25, 0.3) is 11.0 Å². The van der Waals surface area contributed by atoms with Gasteiger partial charge in [0, 0.05) is 43.9 Å². The summed E-state index contributed by atoms with van der Waals surface area (Å²) >= 11 is 0. The molecule has 8 heteroatoms. The lowest BCUT2D eigenvalue weighted by molar-refractivity contribution is 0.0734. The molecule has 4 heterocycles. The van der Waals surface area contributed by atoms with E-state index >= 15 is 0 Å². The summed E-state index contributed by atoms with van der Waals surface area (Å²) in [6.07, 6.45) is 5.65. The fourth-order valence-electron chi connectivity index (χ4n) is 3.92. The van der Waals surface area contributed by atoms with Crippen molar-refractivity contribution in [2.24, 2.45) is 5.41 Å². The number of hydrogen-bond acceptors (Lipinski definition) is 6. The fraction of sp³-hybridized carbons (Fsp3) is 0.368. The number of fused-ring (bicyclic) bond motifs is 1. The van der Waals surface area contributed by atoms with Gasteiger partial charge in [0.2, 0.25) is 5.88 Å². The van der Waals surface area contributed by atoms with Crippen molar-refractivity contribution in [3.63, 3.8) is 0 Å². The quantitative estimate of drug-likeness (QED) is 0.720. The van der Waals surface area contributed by atoms with Crippen molar-refractivity contribution in [2.75, 3.05) is 31.1 Å². The lowest BCUT2D eigenvalue weighted by Crippen LogP contribution is -2.37. The van der Waals surface area contributed by atoms with Crippen LogP contribution in [0.15, 0.2) is 36.8 Å². The monoisotopic (exact) mass is 364 g/mol. The molecule has 27 heavy (non-hydrogen) atoms. The highest BCUT2D eigenvalue weighted by molar-refractivity contribution is 5.92. The molecule has 5 rings (SSSR count). The van der Waals surface area contributed by atoms with E-state index in [4.69, 9.17) is 0 Å². The molecule has 3 aromatic heterocycles. The smallest absolute Gasteiger partial charge is 0.272 e. The number of aromatic hydroxyl groups is 1. The van der Waals surface area contributed by atoms with Crippen molar-refractivity contribution in [3.8, 4) is 5.88 Å². The zero-order valence-corrected chi connectivity index (χ0v) is 14.8. The Morgan fingerprint density at radius 1 is 1.15 bits per heavy atom. The van der Waals surface area contributed by atoms with Gasteiger partial charge >= 0.3 is 0 Å². The summed E-state index contributed by atoms with van der Waals surface area (Å²) in [6, 6.07) is 6.77. The predicted molar refractivity (Wildman–Crippen MR) is 99.6 cm³/mol. The molecule has 0 radical (unpaired) electrons. The highest BCUT2D eigenvalue weighted by atomic mass is 16.3. The summed E-state index contributed by atoms with van der Waals surface area (Å²) in [5.74, 6) is 0.653. The summed E-state index contributed by atoms with van der Waals surface area (Å²) < 4.78 is 0. The molecule has 2 aliphatic rings. The van der Waals surface area contributed by atoms with Crippen LogP contribution < -0.4 is 4.90 Å². The van der Waals surface area contributed by atoms with Crippen LogP contribution in [0.2, 0.25) is 0 Å². The molecule has 1 aliphatic carbocycles. The molecular weight excluding hydrogens is 344 g/mol. The number of pyridine rings is 1. The number of anilines is 1. The van der Waals surface area contributed by atoms with Crippen LogP contribution in [0, 0.1) is 5.41 Å². The first kappa shape index (κ1) is 16.0. The number of carbonyl (C=O) groups excluding carboxylic acids is 1. The Morgan fingerprint density at radius 2 is 2.04 bits per heavy atom. The Morgan fingerprint density at radius 3 is 2.85 bits per heavy atom. The van der Waals surface area contributed by atoms with E-state index in [2.05, 4.69) is 24.8 Å². The molecule has 1 spiro atoms. The van der Waals surface area contributed by atoms with E-state index in [1.807, 2.05) is 17.2 Å². The number of aromatic amines is 1. The summed E-state index contributed by atoms with van der Waals surface area (Å²) in [5.41, 5.74) is 1.22. The number of amides is 1. The third-order valence-corrected chi connectivity index (χ3v) is 5.52. The van der Waals surface area contributed by atoms with Gasteiger partial charge in [-0.15, -0.1) is 0 Å². The molecule has 2 N–H and O–H groups in total. The number of carbonyl (C=O) groups is 1. The molecule has 1 aliphatic heterocycles. The first-order valence-corrected chi connectivity index (χ1v) is 9.12. The van der Waals surface area contributed by atoms with Gasteiger partial charge in [-0.05, 0) is 25.0 Å². The minimum Gasteiger partial charge on any atom is -0.493 e. The van der Waals surface area contributed by atoms with Crippen LogP contribution in [0.4, 0.5) is 5.82 Å². The maximum Gasteiger partial charge on any atom is 0.272 e. The van der Waals surface area contributed by atoms with Gasteiger partial charge in [-0.1, -0.05) is 6.07 Å². The topological polar surface area (TPSA) is 98.2 Å². The van der Waals surface area contributed by atoms with Crippen LogP contribution >= 0.6 is 0 Å². The van der Waals surface area contributed by atoms with E-state index in [-0.39, 0.29) is 22.9 Å². The van der Waals surface area contributed by atoms with E-state index in [0.717, 1.165) is 36.2 Å². The third kappa shape index (κ3) is 2.87. The van der Waals surface area contributed by atoms with E-state index < -0.39 is 0 Å². The Bertz CT molecular complexity index is 1010. The van der Waals surface area contributed by atoms with Gasteiger partial charge in [-0.25, -0.2) is 15.0 Å². The number of nitrogens with zero attached hydrogens (tertiary/aromatic N) is 5. The predicted octanol–water partition coefficient (Wildman–Crippen LogP) is 1.80. The maximum atomic E-state index is 12.9. The van der Waals surface area contributed by atoms with Crippen molar-refractivity contribution in [1.29, 1.82) is 0 Å². The molecule has 3 aromatic rings. The fourth-order valence-corrected chi connectivity index (χ4v) is 3.92. The van der Waals surface area contributed by atoms with Crippen LogP contribution in [0.3, 0.4) is 0 Å². The second-order valence-electron chi connectivity index (χ2n) is 7.47. The number of hydrogen-bond donors (Lipinski definition) is 2. The molecule has 0 bridgehead atoms. The number of nitrogens with one attached hydrogen (secondary N) is 1. The van der Waals surface area contributed by atoms with Gasteiger partial charge in [-0.2, -0.15) is 0 Å². The number of rotatable bonds is 2. The number of aromatic nitrogens is 4. The second kappa shape index (κ2) is 5.94. The van der Waals surface area contributed by atoms with Crippen LogP contribution in [-0.4, -0.2) is 62.0 Å². The molecule has 1 saturated carbocycles. The van der Waals surface area contributed by atoms with Gasteiger partial charge in [0.25, 0.3) is 5.91 Å². The van der Waals surface area contributed by atoms with E-state index in [1.165, 1.54) is 6.07 Å². The van der Waals surface area contributed by atoms with E-state index in [1.54, 1.807) is 18.5 Å². The first-order chi connectivity index (χ1) is 13.1. The normalized spacial score (nSPS) is 18.7. The van der Waals surface area contributed by atoms with E-state index in [9.17, 15) is 9.90 Å². The molecule has 138 valence electrons. The summed E-state index contributed by atoms with van der Waals surface area (Å²) in [5, 5.41) is 10.6. The molecule has 0 unspecified atom stereocenters.